The minimum absolute atomic E-state index is 0.0236. The number of hydrogen-bond donors (Lipinski definition) is 1. The molecular weight excluding hydrogens is 431 g/mol. The van der Waals surface area contributed by atoms with Gasteiger partial charge in [0.15, 0.2) is 0 Å². The molecule has 2 atom stereocenters. The van der Waals surface area contributed by atoms with Crippen molar-refractivity contribution in [3.63, 3.8) is 0 Å². The Bertz CT molecular complexity index is 873. The molecule has 0 saturated heterocycles. The van der Waals surface area contributed by atoms with Crippen LogP contribution in [0.15, 0.2) is 42.5 Å². The average Bonchev–Trinajstić information content (AvgIpc) is 2.69. The summed E-state index contributed by atoms with van der Waals surface area (Å²) in [5, 5.41) is 4.30. The van der Waals surface area contributed by atoms with Crippen molar-refractivity contribution in [2.45, 2.75) is 52.2 Å². The molecule has 1 N–H and O–H groups in total. The molecule has 29 heavy (non-hydrogen) atoms. The van der Waals surface area contributed by atoms with Crippen molar-refractivity contribution >= 4 is 46.6 Å². The van der Waals surface area contributed by atoms with Crippen molar-refractivity contribution < 1.29 is 9.59 Å². The molecule has 2 aromatic rings. The number of nitrogens with one attached hydrogen (secondary N) is 1. The van der Waals surface area contributed by atoms with Gasteiger partial charge >= 0.3 is 0 Å². The van der Waals surface area contributed by atoms with E-state index in [9.17, 15) is 9.59 Å². The van der Waals surface area contributed by atoms with Gasteiger partial charge in [-0.2, -0.15) is 0 Å². The van der Waals surface area contributed by atoms with Crippen LogP contribution in [0, 0.1) is 0 Å². The van der Waals surface area contributed by atoms with E-state index in [1.54, 1.807) is 36.1 Å². The zero-order chi connectivity index (χ0) is 21.6. The van der Waals surface area contributed by atoms with Crippen molar-refractivity contribution in [1.29, 1.82) is 0 Å². The molecule has 0 radical (unpaired) electrons. The lowest BCUT2D eigenvalue weighted by molar-refractivity contribution is -0.140. The van der Waals surface area contributed by atoms with Gasteiger partial charge in [0.25, 0.3) is 0 Å². The SMILES string of the molecule is CC[C@H](C)NC(=O)[C@@H](C)N(Cc1ccc(Cl)c(Cl)c1)C(=O)Cc1ccccc1Cl. The van der Waals surface area contributed by atoms with Crippen LogP contribution < -0.4 is 5.32 Å². The monoisotopic (exact) mass is 454 g/mol. The van der Waals surface area contributed by atoms with Gasteiger partial charge in [0.1, 0.15) is 6.04 Å². The topological polar surface area (TPSA) is 49.4 Å². The van der Waals surface area contributed by atoms with Crippen LogP contribution in [0.5, 0.6) is 0 Å². The van der Waals surface area contributed by atoms with Crippen LogP contribution in [0.1, 0.15) is 38.3 Å². The molecule has 2 amide bonds. The summed E-state index contributed by atoms with van der Waals surface area (Å²) in [7, 11) is 0. The first kappa shape index (κ1) is 23.5. The lowest BCUT2D eigenvalue weighted by atomic mass is 10.1. The number of amides is 2. The quantitative estimate of drug-likeness (QED) is 0.569. The van der Waals surface area contributed by atoms with Crippen molar-refractivity contribution in [1.82, 2.24) is 10.2 Å². The van der Waals surface area contributed by atoms with E-state index in [4.69, 9.17) is 34.8 Å². The summed E-state index contributed by atoms with van der Waals surface area (Å²) < 4.78 is 0. The number of rotatable bonds is 8. The van der Waals surface area contributed by atoms with Gasteiger partial charge < -0.3 is 10.2 Å². The zero-order valence-corrected chi connectivity index (χ0v) is 19.0. The molecule has 0 fully saturated rings. The molecule has 0 aromatic heterocycles. The Kier molecular flexibility index (Phi) is 8.81. The van der Waals surface area contributed by atoms with E-state index in [1.807, 2.05) is 32.0 Å². The minimum Gasteiger partial charge on any atom is -0.352 e. The van der Waals surface area contributed by atoms with Crippen LogP contribution in [-0.2, 0) is 22.6 Å². The van der Waals surface area contributed by atoms with E-state index in [1.165, 1.54) is 0 Å². The molecule has 0 saturated carbocycles. The van der Waals surface area contributed by atoms with E-state index in [-0.39, 0.29) is 30.8 Å². The van der Waals surface area contributed by atoms with Crippen LogP contribution in [0.25, 0.3) is 0 Å². The molecule has 4 nitrogen and oxygen atoms in total. The number of carbonyl (C=O) groups is 2. The Morgan fingerprint density at radius 3 is 2.31 bits per heavy atom. The van der Waals surface area contributed by atoms with Gasteiger partial charge in [-0.15, -0.1) is 0 Å². The number of halogens is 3. The molecule has 0 heterocycles. The molecule has 0 spiro atoms. The Morgan fingerprint density at radius 1 is 1.00 bits per heavy atom. The second-order valence-corrected chi connectivity index (χ2v) is 8.25. The third-order valence-corrected chi connectivity index (χ3v) is 5.91. The smallest absolute Gasteiger partial charge is 0.242 e. The predicted molar refractivity (Wildman–Crippen MR) is 120 cm³/mol. The number of nitrogens with zero attached hydrogens (tertiary/aromatic N) is 1. The largest absolute Gasteiger partial charge is 0.352 e. The first-order valence-electron chi connectivity index (χ1n) is 9.50. The van der Waals surface area contributed by atoms with Crippen molar-refractivity contribution in [2.24, 2.45) is 0 Å². The summed E-state index contributed by atoms with van der Waals surface area (Å²) in [6.07, 6.45) is 0.904. The summed E-state index contributed by atoms with van der Waals surface area (Å²) in [4.78, 5) is 27.4. The van der Waals surface area contributed by atoms with Gasteiger partial charge in [0.05, 0.1) is 16.5 Å². The molecule has 0 bridgehead atoms. The van der Waals surface area contributed by atoms with E-state index in [2.05, 4.69) is 5.32 Å². The average molecular weight is 456 g/mol. The minimum atomic E-state index is -0.659. The third-order valence-electron chi connectivity index (χ3n) is 4.80. The highest BCUT2D eigenvalue weighted by molar-refractivity contribution is 6.42. The van der Waals surface area contributed by atoms with Crippen LogP contribution in [0.4, 0.5) is 0 Å². The van der Waals surface area contributed by atoms with Crippen molar-refractivity contribution in [3.05, 3.63) is 68.7 Å². The number of benzene rings is 2. The van der Waals surface area contributed by atoms with Gasteiger partial charge in [-0.1, -0.05) is 66.0 Å². The fourth-order valence-electron chi connectivity index (χ4n) is 2.79. The van der Waals surface area contributed by atoms with Gasteiger partial charge in [-0.25, -0.2) is 0 Å². The highest BCUT2D eigenvalue weighted by Gasteiger charge is 2.27. The van der Waals surface area contributed by atoms with E-state index >= 15 is 0 Å². The molecular formula is C22H25Cl3N2O2. The number of hydrogen-bond acceptors (Lipinski definition) is 2. The fourth-order valence-corrected chi connectivity index (χ4v) is 3.31. The molecule has 2 rings (SSSR count). The second-order valence-electron chi connectivity index (χ2n) is 7.03. The summed E-state index contributed by atoms with van der Waals surface area (Å²) in [6.45, 7) is 5.88. The van der Waals surface area contributed by atoms with Crippen LogP contribution in [-0.4, -0.2) is 28.8 Å². The molecule has 156 valence electrons. The highest BCUT2D eigenvalue weighted by atomic mass is 35.5. The summed E-state index contributed by atoms with van der Waals surface area (Å²) in [5.41, 5.74) is 1.50. The van der Waals surface area contributed by atoms with Gasteiger partial charge in [0.2, 0.25) is 11.8 Å². The molecule has 0 aliphatic rings. The van der Waals surface area contributed by atoms with Crippen LogP contribution in [0.2, 0.25) is 15.1 Å². The molecule has 0 unspecified atom stereocenters. The Balaban J connectivity index is 2.28. The molecule has 0 aliphatic heterocycles. The standard InChI is InChI=1S/C22H25Cl3N2O2/c1-4-14(2)26-22(29)15(3)27(13-16-9-10-19(24)20(25)11-16)21(28)12-17-7-5-6-8-18(17)23/h5-11,14-15H,4,12-13H2,1-3H3,(H,26,29)/t14-,15+/m0/s1. The normalized spacial score (nSPS) is 12.9. The van der Waals surface area contributed by atoms with Crippen LogP contribution in [0.3, 0.4) is 0 Å². The lowest BCUT2D eigenvalue weighted by Gasteiger charge is -2.30. The third kappa shape index (κ3) is 6.63. The molecule has 2 aromatic carbocycles. The van der Waals surface area contributed by atoms with Gasteiger partial charge in [0, 0.05) is 17.6 Å². The van der Waals surface area contributed by atoms with Crippen LogP contribution >= 0.6 is 34.8 Å². The van der Waals surface area contributed by atoms with Crippen molar-refractivity contribution in [3.8, 4) is 0 Å². The van der Waals surface area contributed by atoms with E-state index in [0.717, 1.165) is 12.0 Å². The maximum Gasteiger partial charge on any atom is 0.242 e. The molecule has 7 heteroatoms. The summed E-state index contributed by atoms with van der Waals surface area (Å²) in [5.74, 6) is -0.400. The number of carbonyl (C=O) groups excluding carboxylic acids is 2. The predicted octanol–water partition coefficient (Wildman–Crippen LogP) is 5.52. The van der Waals surface area contributed by atoms with E-state index in [0.29, 0.717) is 20.6 Å². The fraction of sp³-hybridized carbons (Fsp3) is 0.364. The first-order valence-corrected chi connectivity index (χ1v) is 10.6. The zero-order valence-electron chi connectivity index (χ0n) is 16.7. The second kappa shape index (κ2) is 10.9. The lowest BCUT2D eigenvalue weighted by Crippen LogP contribution is -2.49. The van der Waals surface area contributed by atoms with Gasteiger partial charge in [-0.3, -0.25) is 9.59 Å². The summed E-state index contributed by atoms with van der Waals surface area (Å²) in [6, 6.07) is 11.7. The Hall–Kier alpha value is -1.75. The Morgan fingerprint density at radius 2 is 1.69 bits per heavy atom. The Labute approximate surface area is 187 Å². The molecule has 0 aliphatic carbocycles. The van der Waals surface area contributed by atoms with Gasteiger partial charge in [-0.05, 0) is 49.6 Å². The van der Waals surface area contributed by atoms with Crippen molar-refractivity contribution in [2.75, 3.05) is 0 Å². The maximum absolute atomic E-state index is 13.2. The highest BCUT2D eigenvalue weighted by Crippen LogP contribution is 2.24. The first-order chi connectivity index (χ1) is 13.7. The summed E-state index contributed by atoms with van der Waals surface area (Å²) >= 11 is 18.3. The van der Waals surface area contributed by atoms with E-state index < -0.39 is 6.04 Å². The maximum atomic E-state index is 13.2.